The summed E-state index contributed by atoms with van der Waals surface area (Å²) in [4.78, 5) is 2.16. The Bertz CT molecular complexity index is 373. The Balaban J connectivity index is 0.00000144. The first-order chi connectivity index (χ1) is 7.74. The van der Waals surface area contributed by atoms with E-state index in [2.05, 4.69) is 4.90 Å². The molecule has 96 valence electrons. The van der Waals surface area contributed by atoms with Crippen LogP contribution in [0.1, 0.15) is 0 Å². The maximum Gasteiger partial charge on any atom is 0.143 e. The lowest BCUT2D eigenvalue weighted by Crippen LogP contribution is -2.40. The standard InChI is InChI=1S/C12H17NO3.H2S/c1-13-7-10(8-14-2)16-12-5-4-9(15-3)6-11(12)13;/h4-6,10H,7-8H2,1-3H3;1H2/t10-;/m0./s1. The van der Waals surface area contributed by atoms with Gasteiger partial charge in [0, 0.05) is 20.2 Å². The van der Waals surface area contributed by atoms with Gasteiger partial charge in [0.1, 0.15) is 17.6 Å². The first-order valence-electron chi connectivity index (χ1n) is 5.29. The minimum Gasteiger partial charge on any atom is -0.497 e. The Morgan fingerprint density at radius 3 is 2.82 bits per heavy atom. The van der Waals surface area contributed by atoms with Gasteiger partial charge in [-0.15, -0.1) is 0 Å². The molecule has 0 unspecified atom stereocenters. The SMILES string of the molecule is COC[C@@H]1CN(C)c2cc(OC)ccc2O1.S. The van der Waals surface area contributed by atoms with Gasteiger partial charge in [-0.05, 0) is 12.1 Å². The monoisotopic (exact) mass is 257 g/mol. The van der Waals surface area contributed by atoms with E-state index in [9.17, 15) is 0 Å². The van der Waals surface area contributed by atoms with Crippen LogP contribution in [0.3, 0.4) is 0 Å². The maximum absolute atomic E-state index is 5.82. The third kappa shape index (κ3) is 2.98. The van der Waals surface area contributed by atoms with Gasteiger partial charge < -0.3 is 19.1 Å². The summed E-state index contributed by atoms with van der Waals surface area (Å²) < 4.78 is 16.1. The molecule has 1 atom stereocenters. The molecule has 1 heterocycles. The molecule has 1 aromatic carbocycles. The molecule has 4 nitrogen and oxygen atoms in total. The average molecular weight is 257 g/mol. The molecule has 0 aromatic heterocycles. The van der Waals surface area contributed by atoms with Gasteiger partial charge >= 0.3 is 0 Å². The first kappa shape index (κ1) is 14.0. The number of fused-ring (bicyclic) bond motifs is 1. The summed E-state index contributed by atoms with van der Waals surface area (Å²) in [5.41, 5.74) is 1.06. The summed E-state index contributed by atoms with van der Waals surface area (Å²) in [6, 6.07) is 5.83. The van der Waals surface area contributed by atoms with Gasteiger partial charge in [-0.1, -0.05) is 0 Å². The van der Waals surface area contributed by atoms with Crippen LogP contribution in [0.15, 0.2) is 18.2 Å². The lowest BCUT2D eigenvalue weighted by molar-refractivity contribution is 0.0801. The Labute approximate surface area is 109 Å². The lowest BCUT2D eigenvalue weighted by Gasteiger charge is -2.33. The van der Waals surface area contributed by atoms with Crippen LogP contribution in [0.2, 0.25) is 0 Å². The number of rotatable bonds is 3. The number of hydrogen-bond donors (Lipinski definition) is 0. The van der Waals surface area contributed by atoms with E-state index in [1.807, 2.05) is 25.2 Å². The number of likely N-dealkylation sites (N-methyl/N-ethyl adjacent to an activating group) is 1. The summed E-state index contributed by atoms with van der Waals surface area (Å²) >= 11 is 0. The van der Waals surface area contributed by atoms with Crippen LogP contribution in [-0.4, -0.2) is 40.5 Å². The van der Waals surface area contributed by atoms with Crippen molar-refractivity contribution < 1.29 is 14.2 Å². The zero-order valence-corrected chi connectivity index (χ0v) is 11.4. The molecule has 2 rings (SSSR count). The van der Waals surface area contributed by atoms with E-state index in [1.165, 1.54) is 0 Å². The minimum atomic E-state index is 0. The smallest absolute Gasteiger partial charge is 0.143 e. The Morgan fingerprint density at radius 1 is 1.41 bits per heavy atom. The molecule has 5 heteroatoms. The second-order valence-electron chi connectivity index (χ2n) is 3.91. The van der Waals surface area contributed by atoms with Crippen LogP contribution >= 0.6 is 13.5 Å². The molecule has 0 radical (unpaired) electrons. The summed E-state index contributed by atoms with van der Waals surface area (Å²) in [7, 11) is 5.40. The summed E-state index contributed by atoms with van der Waals surface area (Å²) in [6.07, 6.45) is 0.0934. The van der Waals surface area contributed by atoms with Crippen LogP contribution in [-0.2, 0) is 4.74 Å². The normalized spacial score (nSPS) is 17.8. The van der Waals surface area contributed by atoms with Crippen molar-refractivity contribution in [1.29, 1.82) is 0 Å². The lowest BCUT2D eigenvalue weighted by atomic mass is 10.2. The van der Waals surface area contributed by atoms with Crippen LogP contribution in [0, 0.1) is 0 Å². The predicted octanol–water partition coefficient (Wildman–Crippen LogP) is 1.65. The van der Waals surface area contributed by atoms with Gasteiger partial charge in [0.15, 0.2) is 0 Å². The molecule has 0 aliphatic carbocycles. The third-order valence-corrected chi connectivity index (χ3v) is 2.70. The summed E-state index contributed by atoms with van der Waals surface area (Å²) in [6.45, 7) is 1.43. The number of nitrogens with zero attached hydrogens (tertiary/aromatic N) is 1. The van der Waals surface area contributed by atoms with Crippen molar-refractivity contribution in [2.75, 3.05) is 39.3 Å². The van der Waals surface area contributed by atoms with Crippen molar-refractivity contribution in [2.24, 2.45) is 0 Å². The molecule has 0 saturated heterocycles. The summed E-state index contributed by atoms with van der Waals surface area (Å²) in [5.74, 6) is 1.73. The maximum atomic E-state index is 5.82. The fourth-order valence-electron chi connectivity index (χ4n) is 1.92. The fourth-order valence-corrected chi connectivity index (χ4v) is 1.92. The highest BCUT2D eigenvalue weighted by Crippen LogP contribution is 2.35. The largest absolute Gasteiger partial charge is 0.497 e. The van der Waals surface area contributed by atoms with Crippen LogP contribution in [0.4, 0.5) is 5.69 Å². The molecule has 0 spiro atoms. The second-order valence-corrected chi connectivity index (χ2v) is 3.91. The van der Waals surface area contributed by atoms with Gasteiger partial charge in [0.2, 0.25) is 0 Å². The molecule has 0 saturated carbocycles. The van der Waals surface area contributed by atoms with Crippen LogP contribution in [0.5, 0.6) is 11.5 Å². The Kier molecular flexibility index (Phi) is 4.96. The van der Waals surface area contributed by atoms with E-state index in [1.54, 1.807) is 14.2 Å². The fraction of sp³-hybridized carbons (Fsp3) is 0.500. The van der Waals surface area contributed by atoms with E-state index >= 15 is 0 Å². The Morgan fingerprint density at radius 2 is 2.18 bits per heavy atom. The van der Waals surface area contributed by atoms with Crippen molar-refractivity contribution in [3.63, 3.8) is 0 Å². The molecular weight excluding hydrogens is 238 g/mol. The van der Waals surface area contributed by atoms with E-state index in [4.69, 9.17) is 14.2 Å². The number of benzene rings is 1. The quantitative estimate of drug-likeness (QED) is 0.824. The highest BCUT2D eigenvalue weighted by atomic mass is 32.1. The molecule has 0 fully saturated rings. The Hall–Kier alpha value is -1.07. The summed E-state index contributed by atoms with van der Waals surface area (Å²) in [5, 5.41) is 0. The number of methoxy groups -OCH3 is 2. The highest BCUT2D eigenvalue weighted by molar-refractivity contribution is 7.59. The van der Waals surface area contributed by atoms with Crippen LogP contribution in [0.25, 0.3) is 0 Å². The van der Waals surface area contributed by atoms with Crippen molar-refractivity contribution in [1.82, 2.24) is 0 Å². The molecule has 1 aliphatic heterocycles. The molecule has 17 heavy (non-hydrogen) atoms. The molecular formula is C12H19NO3S. The zero-order valence-electron chi connectivity index (χ0n) is 10.4. The zero-order chi connectivity index (χ0) is 11.5. The van der Waals surface area contributed by atoms with Gasteiger partial charge in [-0.25, -0.2) is 0 Å². The van der Waals surface area contributed by atoms with Gasteiger partial charge in [-0.3, -0.25) is 0 Å². The molecule has 0 N–H and O–H groups in total. The molecule has 1 aliphatic rings. The van der Waals surface area contributed by atoms with Crippen LogP contribution < -0.4 is 14.4 Å². The molecule has 0 bridgehead atoms. The molecule has 1 aromatic rings. The van der Waals surface area contributed by atoms with E-state index in [0.717, 1.165) is 23.7 Å². The van der Waals surface area contributed by atoms with Gasteiger partial charge in [0.05, 0.1) is 25.9 Å². The van der Waals surface area contributed by atoms with Gasteiger partial charge in [0.25, 0.3) is 0 Å². The van der Waals surface area contributed by atoms with Crippen molar-refractivity contribution in [3.05, 3.63) is 18.2 Å². The van der Waals surface area contributed by atoms with Gasteiger partial charge in [-0.2, -0.15) is 13.5 Å². The number of anilines is 1. The first-order valence-corrected chi connectivity index (χ1v) is 5.29. The average Bonchev–Trinajstić information content (AvgIpc) is 2.29. The third-order valence-electron chi connectivity index (χ3n) is 2.70. The van der Waals surface area contributed by atoms with Crippen molar-refractivity contribution in [2.45, 2.75) is 6.10 Å². The van der Waals surface area contributed by atoms with Crippen molar-refractivity contribution in [3.8, 4) is 11.5 Å². The number of ether oxygens (including phenoxy) is 3. The molecule has 0 amide bonds. The van der Waals surface area contributed by atoms with E-state index < -0.39 is 0 Å². The van der Waals surface area contributed by atoms with E-state index in [0.29, 0.717) is 6.61 Å². The minimum absolute atomic E-state index is 0. The van der Waals surface area contributed by atoms with E-state index in [-0.39, 0.29) is 19.6 Å². The number of hydrogen-bond acceptors (Lipinski definition) is 4. The topological polar surface area (TPSA) is 30.9 Å². The predicted molar refractivity (Wildman–Crippen MR) is 72.9 cm³/mol. The second kappa shape index (κ2) is 6.02. The highest BCUT2D eigenvalue weighted by Gasteiger charge is 2.23. The van der Waals surface area contributed by atoms with Crippen molar-refractivity contribution >= 4 is 19.2 Å².